The number of aromatic nitrogens is 2. The van der Waals surface area contributed by atoms with Gasteiger partial charge in [0.05, 0.1) is 24.0 Å². The van der Waals surface area contributed by atoms with E-state index in [1.807, 2.05) is 26.8 Å². The van der Waals surface area contributed by atoms with Crippen LogP contribution in [0.25, 0.3) is 0 Å². The maximum atomic E-state index is 13.0. The van der Waals surface area contributed by atoms with Gasteiger partial charge in [-0.05, 0) is 23.1 Å². The van der Waals surface area contributed by atoms with E-state index in [0.717, 1.165) is 12.1 Å². The van der Waals surface area contributed by atoms with Crippen LogP contribution in [0.3, 0.4) is 0 Å². The molecule has 2 aromatic rings. The van der Waals surface area contributed by atoms with Gasteiger partial charge in [-0.15, -0.1) is 0 Å². The maximum absolute atomic E-state index is 13.0. The van der Waals surface area contributed by atoms with E-state index >= 15 is 0 Å². The first kappa shape index (κ1) is 17.7. The highest BCUT2D eigenvalue weighted by molar-refractivity contribution is 5.40. The number of rotatable bonds is 3. The van der Waals surface area contributed by atoms with Gasteiger partial charge in [0, 0.05) is 0 Å². The van der Waals surface area contributed by atoms with Gasteiger partial charge < -0.3 is 5.32 Å². The van der Waals surface area contributed by atoms with Crippen molar-refractivity contribution in [3.63, 3.8) is 0 Å². The molecule has 0 saturated carbocycles. The lowest BCUT2D eigenvalue weighted by Gasteiger charge is -2.32. The average Bonchev–Trinajstić information content (AvgIpc) is 2.51. The van der Waals surface area contributed by atoms with Crippen molar-refractivity contribution in [3.8, 4) is 6.07 Å². The van der Waals surface area contributed by atoms with E-state index in [0.29, 0.717) is 11.4 Å². The Morgan fingerprint density at radius 3 is 2.33 bits per heavy atom. The van der Waals surface area contributed by atoms with Crippen LogP contribution in [0.5, 0.6) is 0 Å². The molecule has 0 aliphatic heterocycles. The van der Waals surface area contributed by atoms with Gasteiger partial charge in [-0.25, -0.2) is 9.97 Å². The molecule has 1 aromatic heterocycles. The second kappa shape index (κ2) is 6.48. The molecule has 0 saturated heterocycles. The second-order valence-electron chi connectivity index (χ2n) is 6.47. The van der Waals surface area contributed by atoms with Crippen molar-refractivity contribution >= 4 is 5.82 Å². The molecule has 0 aliphatic carbocycles. The summed E-state index contributed by atoms with van der Waals surface area (Å²) in [4.78, 5) is 8.00. The highest BCUT2D eigenvalue weighted by atomic mass is 19.4. The molecule has 126 valence electrons. The predicted octanol–water partition coefficient (Wildman–Crippen LogP) is 4.57. The van der Waals surface area contributed by atoms with E-state index < -0.39 is 17.8 Å². The van der Waals surface area contributed by atoms with Crippen molar-refractivity contribution in [2.24, 2.45) is 5.41 Å². The zero-order chi connectivity index (χ0) is 18.0. The molecule has 1 unspecified atom stereocenters. The highest BCUT2D eigenvalue weighted by Crippen LogP contribution is 2.38. The third-order valence-electron chi connectivity index (χ3n) is 3.47. The minimum absolute atomic E-state index is 0.173. The van der Waals surface area contributed by atoms with Gasteiger partial charge >= 0.3 is 6.18 Å². The van der Waals surface area contributed by atoms with E-state index in [4.69, 9.17) is 5.26 Å². The fourth-order valence-corrected chi connectivity index (χ4v) is 2.30. The first-order valence-corrected chi connectivity index (χ1v) is 7.27. The van der Waals surface area contributed by atoms with Crippen LogP contribution in [-0.2, 0) is 6.18 Å². The van der Waals surface area contributed by atoms with Crippen LogP contribution in [0.1, 0.15) is 43.6 Å². The summed E-state index contributed by atoms with van der Waals surface area (Å²) in [5.74, 6) is 0.395. The molecular formula is C17H17F3N4. The number of hydrogen-bond acceptors (Lipinski definition) is 4. The summed E-state index contributed by atoms with van der Waals surface area (Å²) in [7, 11) is 0. The lowest BCUT2D eigenvalue weighted by atomic mass is 9.82. The van der Waals surface area contributed by atoms with E-state index in [1.54, 1.807) is 6.07 Å². The normalized spacial score (nSPS) is 13.2. The molecule has 0 bridgehead atoms. The number of nitrogens with one attached hydrogen (secondary N) is 1. The molecular weight excluding hydrogens is 317 g/mol. The number of anilines is 1. The number of hydrogen-bond donors (Lipinski definition) is 1. The van der Waals surface area contributed by atoms with Gasteiger partial charge in [-0.1, -0.05) is 32.9 Å². The Morgan fingerprint density at radius 1 is 1.12 bits per heavy atom. The first-order chi connectivity index (χ1) is 11.1. The van der Waals surface area contributed by atoms with Crippen LogP contribution < -0.4 is 5.32 Å². The molecule has 0 fully saturated rings. The Labute approximate surface area is 138 Å². The van der Waals surface area contributed by atoms with Crippen molar-refractivity contribution in [1.82, 2.24) is 9.97 Å². The zero-order valence-electron chi connectivity index (χ0n) is 13.5. The Bertz CT molecular complexity index is 740. The van der Waals surface area contributed by atoms with Crippen molar-refractivity contribution in [1.29, 1.82) is 5.26 Å². The molecule has 4 nitrogen and oxygen atoms in total. The summed E-state index contributed by atoms with van der Waals surface area (Å²) in [5, 5.41) is 11.9. The molecule has 0 radical (unpaired) electrons. The molecule has 1 heterocycles. The molecule has 0 spiro atoms. The van der Waals surface area contributed by atoms with Gasteiger partial charge in [0.1, 0.15) is 11.9 Å². The SMILES string of the molecule is CC(C)(C)C(Nc1cnc(C#N)cn1)c1cccc(C(F)(F)F)c1. The molecule has 24 heavy (non-hydrogen) atoms. The maximum Gasteiger partial charge on any atom is 0.416 e. The van der Waals surface area contributed by atoms with Crippen molar-refractivity contribution < 1.29 is 13.2 Å². The molecule has 1 aromatic carbocycles. The lowest BCUT2D eigenvalue weighted by Crippen LogP contribution is -2.26. The Hall–Kier alpha value is -2.62. The van der Waals surface area contributed by atoms with Crippen LogP contribution in [0.15, 0.2) is 36.7 Å². The van der Waals surface area contributed by atoms with Gasteiger partial charge in [0.15, 0.2) is 5.69 Å². The topological polar surface area (TPSA) is 61.6 Å². The Balaban J connectivity index is 2.37. The smallest absolute Gasteiger partial charge is 0.361 e. The van der Waals surface area contributed by atoms with Crippen molar-refractivity contribution in [2.75, 3.05) is 5.32 Å². The second-order valence-corrected chi connectivity index (χ2v) is 6.47. The van der Waals surface area contributed by atoms with Gasteiger partial charge in [-0.3, -0.25) is 0 Å². The molecule has 0 aliphatic rings. The third kappa shape index (κ3) is 4.22. The molecule has 2 rings (SSSR count). The molecule has 0 amide bonds. The standard InChI is InChI=1S/C17H17F3N4/c1-16(2,3)15(24-14-10-22-13(8-21)9-23-14)11-5-4-6-12(7-11)17(18,19)20/h4-7,9-10,15H,1-3H3,(H,23,24). The zero-order valence-corrected chi connectivity index (χ0v) is 13.5. The highest BCUT2D eigenvalue weighted by Gasteiger charge is 2.33. The van der Waals surface area contributed by atoms with E-state index in [2.05, 4.69) is 15.3 Å². The van der Waals surface area contributed by atoms with E-state index in [-0.39, 0.29) is 11.1 Å². The number of benzene rings is 1. The molecule has 1 N–H and O–H groups in total. The van der Waals surface area contributed by atoms with Crippen molar-refractivity contribution in [2.45, 2.75) is 33.0 Å². The number of nitrogens with zero attached hydrogens (tertiary/aromatic N) is 3. The predicted molar refractivity (Wildman–Crippen MR) is 84.0 cm³/mol. The minimum Gasteiger partial charge on any atom is -0.361 e. The monoisotopic (exact) mass is 334 g/mol. The summed E-state index contributed by atoms with van der Waals surface area (Å²) >= 11 is 0. The van der Waals surface area contributed by atoms with Gasteiger partial charge in [0.25, 0.3) is 0 Å². The summed E-state index contributed by atoms with van der Waals surface area (Å²) in [6, 6.07) is 6.68. The Kier molecular flexibility index (Phi) is 4.78. The van der Waals surface area contributed by atoms with Crippen LogP contribution in [0, 0.1) is 16.7 Å². The fraction of sp³-hybridized carbons (Fsp3) is 0.353. The number of alkyl halides is 3. The first-order valence-electron chi connectivity index (χ1n) is 7.27. The lowest BCUT2D eigenvalue weighted by molar-refractivity contribution is -0.137. The largest absolute Gasteiger partial charge is 0.416 e. The van der Waals surface area contributed by atoms with E-state index in [1.165, 1.54) is 18.5 Å². The molecule has 1 atom stereocenters. The van der Waals surface area contributed by atoms with Gasteiger partial charge in [0.2, 0.25) is 0 Å². The third-order valence-corrected chi connectivity index (χ3v) is 3.47. The summed E-state index contributed by atoms with van der Waals surface area (Å²) in [6.07, 6.45) is -1.69. The van der Waals surface area contributed by atoms with Gasteiger partial charge in [-0.2, -0.15) is 18.4 Å². The van der Waals surface area contributed by atoms with Crippen LogP contribution >= 0.6 is 0 Å². The minimum atomic E-state index is -4.40. The van der Waals surface area contributed by atoms with Crippen molar-refractivity contribution in [3.05, 3.63) is 53.5 Å². The average molecular weight is 334 g/mol. The fourth-order valence-electron chi connectivity index (χ4n) is 2.30. The van der Waals surface area contributed by atoms with E-state index in [9.17, 15) is 13.2 Å². The van der Waals surface area contributed by atoms with Crippen LogP contribution in [0.2, 0.25) is 0 Å². The Morgan fingerprint density at radius 2 is 1.83 bits per heavy atom. The summed E-state index contributed by atoms with van der Waals surface area (Å²) < 4.78 is 38.9. The van der Waals surface area contributed by atoms with Crippen LogP contribution in [-0.4, -0.2) is 9.97 Å². The quantitative estimate of drug-likeness (QED) is 0.893. The number of halogens is 3. The summed E-state index contributed by atoms with van der Waals surface area (Å²) in [5.41, 5.74) is -0.392. The van der Waals surface area contributed by atoms with Crippen LogP contribution in [0.4, 0.5) is 19.0 Å². The number of nitriles is 1. The summed E-state index contributed by atoms with van der Waals surface area (Å²) in [6.45, 7) is 5.76. The molecule has 7 heteroatoms.